The lowest BCUT2D eigenvalue weighted by Crippen LogP contribution is -2.49. The third kappa shape index (κ3) is 5.85. The summed E-state index contributed by atoms with van der Waals surface area (Å²) in [6.07, 6.45) is 3.62. The third-order valence-electron chi connectivity index (χ3n) is 5.02. The minimum atomic E-state index is -2.99. The first kappa shape index (κ1) is 24.8. The van der Waals surface area contributed by atoms with Crippen LogP contribution in [0.25, 0.3) is 11.5 Å². The van der Waals surface area contributed by atoms with Crippen LogP contribution >= 0.6 is 0 Å². The molecule has 184 valence electrons. The Morgan fingerprint density at radius 2 is 2.08 bits per heavy atom. The fraction of sp³-hybridized carbons (Fsp3) is 0.273. The van der Waals surface area contributed by atoms with Gasteiger partial charge >= 0.3 is 0 Å². The molecular weight excluding hydrogens is 469 g/mol. The molecular formula is C22H22BN7O6. The molecule has 1 saturated carbocycles. The van der Waals surface area contributed by atoms with E-state index in [-0.39, 0.29) is 34.9 Å². The van der Waals surface area contributed by atoms with Gasteiger partial charge in [-0.05, 0) is 25.0 Å². The summed E-state index contributed by atoms with van der Waals surface area (Å²) >= 11 is 0. The van der Waals surface area contributed by atoms with E-state index in [9.17, 15) is 19.8 Å². The van der Waals surface area contributed by atoms with Gasteiger partial charge in [-0.15, -0.1) is 16.8 Å². The van der Waals surface area contributed by atoms with E-state index in [0.717, 1.165) is 12.8 Å². The van der Waals surface area contributed by atoms with Crippen molar-refractivity contribution in [2.75, 3.05) is 17.7 Å². The first-order valence-electron chi connectivity index (χ1n) is 10.8. The lowest BCUT2D eigenvalue weighted by atomic mass is 10.0. The highest BCUT2D eigenvalue weighted by molar-refractivity contribution is 6.15. The van der Waals surface area contributed by atoms with Gasteiger partial charge in [-0.1, -0.05) is 17.3 Å². The number of nitrogens with zero attached hydrogens (tertiary/aromatic N) is 4. The smallest absolute Gasteiger partial charge is 0.277 e. The highest BCUT2D eigenvalue weighted by Crippen LogP contribution is 2.38. The molecule has 0 bridgehead atoms. The molecule has 0 aliphatic heterocycles. The van der Waals surface area contributed by atoms with Crippen LogP contribution in [0.3, 0.4) is 0 Å². The van der Waals surface area contributed by atoms with Crippen molar-refractivity contribution in [3.8, 4) is 17.2 Å². The molecule has 13 nitrogen and oxygen atoms in total. The number of rotatable bonds is 10. The molecule has 0 spiro atoms. The van der Waals surface area contributed by atoms with Crippen molar-refractivity contribution in [3.63, 3.8) is 0 Å². The van der Waals surface area contributed by atoms with E-state index in [1.165, 1.54) is 13.2 Å². The summed E-state index contributed by atoms with van der Waals surface area (Å²) in [5.41, 5.74) is 0.557. The number of methoxy groups -OCH3 is 1. The van der Waals surface area contributed by atoms with Crippen LogP contribution in [0.1, 0.15) is 29.2 Å². The van der Waals surface area contributed by atoms with Gasteiger partial charge < -0.3 is 35.4 Å². The van der Waals surface area contributed by atoms with Crippen LogP contribution < -0.4 is 20.7 Å². The van der Waals surface area contributed by atoms with Crippen LogP contribution in [0.4, 0.5) is 17.2 Å². The molecule has 1 fully saturated rings. The highest BCUT2D eigenvalue weighted by Gasteiger charge is 2.30. The lowest BCUT2D eigenvalue weighted by molar-refractivity contribution is -0.117. The normalized spacial score (nSPS) is 13.1. The SMILES string of the molecule is [B]C(O)(O)NC(=O)c1nnc(NC(=O)C2CC2)cc1Nc1cccc(-c2nc(CC=C)no2)c1OC. The van der Waals surface area contributed by atoms with E-state index >= 15 is 0 Å². The molecule has 0 unspecified atom stereocenters. The number of benzene rings is 1. The van der Waals surface area contributed by atoms with E-state index in [1.54, 1.807) is 29.6 Å². The van der Waals surface area contributed by atoms with Gasteiger partial charge in [0, 0.05) is 18.4 Å². The second kappa shape index (κ2) is 10.1. The molecule has 2 amide bonds. The zero-order valence-corrected chi connectivity index (χ0v) is 19.2. The van der Waals surface area contributed by atoms with E-state index < -0.39 is 11.7 Å². The maximum Gasteiger partial charge on any atom is 0.277 e. The number of amides is 2. The Hall–Kier alpha value is -4.30. The number of ether oxygens (including phenoxy) is 1. The molecule has 2 aromatic heterocycles. The first-order valence-corrected chi connectivity index (χ1v) is 10.8. The average Bonchev–Trinajstić information content (AvgIpc) is 3.57. The van der Waals surface area contributed by atoms with Crippen LogP contribution in [-0.4, -0.2) is 63.1 Å². The minimum absolute atomic E-state index is 0.0613. The second-order valence-electron chi connectivity index (χ2n) is 7.96. The third-order valence-corrected chi connectivity index (χ3v) is 5.02. The Morgan fingerprint density at radius 3 is 2.75 bits per heavy atom. The predicted molar refractivity (Wildman–Crippen MR) is 127 cm³/mol. The fourth-order valence-corrected chi connectivity index (χ4v) is 3.26. The standard InChI is InChI=1S/C22H22BN7O6/c1-3-5-15-26-21(36-30-15)12-6-4-7-13(18(12)35-2)24-14-10-16(25-19(31)11-8-9-11)28-29-17(14)20(32)27-22(23,33)34/h3-4,6-7,10-11,33-34H,1,5,8-9H2,2H3,(H,27,32)(H2,24,25,28,31). The molecule has 1 aliphatic rings. The average molecular weight is 491 g/mol. The van der Waals surface area contributed by atoms with E-state index in [1.807, 2.05) is 0 Å². The summed E-state index contributed by atoms with van der Waals surface area (Å²) in [6, 6.07) is 6.42. The number of allylic oxidation sites excluding steroid dienone is 1. The zero-order valence-electron chi connectivity index (χ0n) is 19.2. The molecule has 2 radical (unpaired) electrons. The number of carbonyl (C=O) groups excluding carboxylic acids is 2. The van der Waals surface area contributed by atoms with Crippen molar-refractivity contribution in [3.05, 3.63) is 48.4 Å². The second-order valence-corrected chi connectivity index (χ2v) is 7.96. The van der Waals surface area contributed by atoms with Gasteiger partial charge in [0.2, 0.25) is 5.91 Å². The monoisotopic (exact) mass is 491 g/mol. The Morgan fingerprint density at radius 1 is 1.31 bits per heavy atom. The van der Waals surface area contributed by atoms with Crippen molar-refractivity contribution in [1.82, 2.24) is 25.7 Å². The fourth-order valence-electron chi connectivity index (χ4n) is 3.26. The van der Waals surface area contributed by atoms with Crippen LogP contribution in [-0.2, 0) is 11.2 Å². The Bertz CT molecular complexity index is 1300. The molecule has 1 aliphatic carbocycles. The summed E-state index contributed by atoms with van der Waals surface area (Å²) < 4.78 is 10.9. The molecule has 2 heterocycles. The van der Waals surface area contributed by atoms with Gasteiger partial charge in [0.25, 0.3) is 11.8 Å². The predicted octanol–water partition coefficient (Wildman–Crippen LogP) is 0.850. The van der Waals surface area contributed by atoms with Crippen LogP contribution in [0, 0.1) is 5.92 Å². The molecule has 1 aromatic carbocycles. The number of hydrogen-bond donors (Lipinski definition) is 5. The van der Waals surface area contributed by atoms with Gasteiger partial charge in [0.15, 0.2) is 36.7 Å². The van der Waals surface area contributed by atoms with Crippen LogP contribution in [0.5, 0.6) is 5.75 Å². The molecule has 3 aromatic rings. The number of aliphatic hydroxyl groups is 2. The summed E-state index contributed by atoms with van der Waals surface area (Å²) in [4.78, 5) is 29.1. The number of nitrogens with one attached hydrogen (secondary N) is 3. The lowest BCUT2D eigenvalue weighted by Gasteiger charge is -2.20. The molecule has 0 atom stereocenters. The molecule has 0 saturated heterocycles. The van der Waals surface area contributed by atoms with Crippen LogP contribution in [0.2, 0.25) is 0 Å². The van der Waals surface area contributed by atoms with Crippen molar-refractivity contribution in [2.45, 2.75) is 25.1 Å². The number of para-hydroxylation sites is 1. The van der Waals surface area contributed by atoms with Gasteiger partial charge in [-0.3, -0.25) is 9.59 Å². The van der Waals surface area contributed by atoms with E-state index in [4.69, 9.17) is 17.1 Å². The van der Waals surface area contributed by atoms with Gasteiger partial charge in [-0.25, -0.2) is 0 Å². The Kier molecular flexibility index (Phi) is 6.99. The van der Waals surface area contributed by atoms with Gasteiger partial charge in [0.05, 0.1) is 24.0 Å². The summed E-state index contributed by atoms with van der Waals surface area (Å²) in [5.74, 6) is -3.33. The quantitative estimate of drug-likeness (QED) is 0.154. The molecule has 14 heteroatoms. The van der Waals surface area contributed by atoms with Gasteiger partial charge in [-0.2, -0.15) is 4.98 Å². The van der Waals surface area contributed by atoms with E-state index in [2.05, 4.69) is 37.6 Å². The summed E-state index contributed by atoms with van der Waals surface area (Å²) in [6.45, 7) is 3.65. The number of hydrogen-bond acceptors (Lipinski definition) is 11. The van der Waals surface area contributed by atoms with E-state index in [0.29, 0.717) is 29.2 Å². The van der Waals surface area contributed by atoms with Gasteiger partial charge in [0.1, 0.15) is 0 Å². The highest BCUT2D eigenvalue weighted by atomic mass is 16.5. The maximum absolute atomic E-state index is 12.6. The number of carbonyl (C=O) groups is 2. The Balaban J connectivity index is 1.71. The van der Waals surface area contributed by atoms with Crippen molar-refractivity contribution in [1.29, 1.82) is 0 Å². The summed E-state index contributed by atoms with van der Waals surface area (Å²) in [5, 5.41) is 37.8. The maximum atomic E-state index is 12.6. The topological polar surface area (TPSA) is 185 Å². The number of anilines is 3. The van der Waals surface area contributed by atoms with Crippen molar-refractivity contribution >= 4 is 36.9 Å². The van der Waals surface area contributed by atoms with Crippen LogP contribution in [0.15, 0.2) is 41.4 Å². The molecule has 36 heavy (non-hydrogen) atoms. The largest absolute Gasteiger partial charge is 0.494 e. The Labute approximate surface area is 206 Å². The van der Waals surface area contributed by atoms with Crippen molar-refractivity contribution in [2.24, 2.45) is 5.92 Å². The molecule has 4 rings (SSSR count). The van der Waals surface area contributed by atoms with Crippen molar-refractivity contribution < 1.29 is 29.1 Å². The molecule has 5 N–H and O–H groups in total. The minimum Gasteiger partial charge on any atom is -0.494 e. The first-order chi connectivity index (χ1) is 17.2. The zero-order chi connectivity index (χ0) is 25.9. The number of aromatic nitrogens is 4. The summed E-state index contributed by atoms with van der Waals surface area (Å²) in [7, 11) is 6.51.